The number of aromatic hydroxyl groups is 1. The van der Waals surface area contributed by atoms with Gasteiger partial charge in [-0.05, 0) is 42.7 Å². The lowest BCUT2D eigenvalue weighted by Gasteiger charge is -2.07. The Bertz CT molecular complexity index is 872. The molecule has 122 valence electrons. The van der Waals surface area contributed by atoms with Gasteiger partial charge in [0.15, 0.2) is 5.76 Å². The Balaban J connectivity index is 1.81. The van der Waals surface area contributed by atoms with Crippen LogP contribution in [0.5, 0.6) is 5.75 Å². The van der Waals surface area contributed by atoms with Crippen LogP contribution in [0.4, 0.5) is 5.69 Å². The van der Waals surface area contributed by atoms with Crippen LogP contribution in [0.15, 0.2) is 39.6 Å². The van der Waals surface area contributed by atoms with Crippen LogP contribution >= 0.6 is 0 Å². The summed E-state index contributed by atoms with van der Waals surface area (Å²) in [6.45, 7) is 2.10. The molecule has 1 aliphatic rings. The largest absolute Gasteiger partial charge is 0.506 e. The molecule has 7 nitrogen and oxygen atoms in total. The maximum Gasteiger partial charge on any atom is 0.291 e. The third kappa shape index (κ3) is 3.22. The molecule has 1 aliphatic carbocycles. The highest BCUT2D eigenvalue weighted by molar-refractivity contribution is 7.89. The van der Waals surface area contributed by atoms with Crippen LogP contribution in [-0.4, -0.2) is 19.4 Å². The minimum Gasteiger partial charge on any atom is -0.506 e. The number of phenolic OH excluding ortho intramolecular Hbond substituents is 1. The molecule has 0 spiro atoms. The lowest BCUT2D eigenvalue weighted by atomic mass is 10.2. The van der Waals surface area contributed by atoms with Crippen LogP contribution < -0.4 is 10.5 Å². The smallest absolute Gasteiger partial charge is 0.291 e. The van der Waals surface area contributed by atoms with Crippen molar-refractivity contribution in [1.82, 2.24) is 0 Å². The Morgan fingerprint density at radius 3 is 2.65 bits per heavy atom. The average molecular weight is 336 g/mol. The van der Waals surface area contributed by atoms with Crippen molar-refractivity contribution in [3.63, 3.8) is 0 Å². The van der Waals surface area contributed by atoms with E-state index >= 15 is 0 Å². The van der Waals surface area contributed by atoms with Gasteiger partial charge in [-0.15, -0.1) is 0 Å². The molecule has 0 bridgehead atoms. The second-order valence-electron chi connectivity index (χ2n) is 5.70. The normalized spacial score (nSPS) is 20.3. The maximum atomic E-state index is 12.2. The number of anilines is 1. The Morgan fingerprint density at radius 2 is 2.04 bits per heavy atom. The van der Waals surface area contributed by atoms with Crippen molar-refractivity contribution in [2.24, 2.45) is 11.1 Å². The molecule has 2 aromatic rings. The molecule has 1 saturated carbocycles. The number of sulfonamides is 1. The molecule has 3 rings (SSSR count). The number of nitrogens with one attached hydrogen (secondary N) is 1. The summed E-state index contributed by atoms with van der Waals surface area (Å²) in [5, 5.41) is 17.2. The minimum atomic E-state index is -3.93. The van der Waals surface area contributed by atoms with Crippen LogP contribution in [0.3, 0.4) is 0 Å². The van der Waals surface area contributed by atoms with Gasteiger partial charge in [-0.25, -0.2) is 13.6 Å². The molecule has 2 atom stereocenters. The van der Waals surface area contributed by atoms with Gasteiger partial charge in [-0.1, -0.05) is 6.92 Å². The van der Waals surface area contributed by atoms with Crippen molar-refractivity contribution in [2.75, 3.05) is 5.32 Å². The van der Waals surface area contributed by atoms with Gasteiger partial charge >= 0.3 is 0 Å². The highest BCUT2D eigenvalue weighted by atomic mass is 32.2. The predicted octanol–water partition coefficient (Wildman–Crippen LogP) is 2.01. The molecule has 23 heavy (non-hydrogen) atoms. The fraction of sp³-hybridized carbons (Fsp3) is 0.267. The van der Waals surface area contributed by atoms with E-state index in [1.165, 1.54) is 0 Å². The number of nitrogens with two attached hydrogens (primary N) is 1. The van der Waals surface area contributed by atoms with Crippen LogP contribution in [-0.2, 0) is 10.0 Å². The number of phenols is 1. The van der Waals surface area contributed by atoms with Crippen LogP contribution in [0.25, 0.3) is 0 Å². The molecule has 0 unspecified atom stereocenters. The third-order valence-electron chi connectivity index (χ3n) is 3.87. The van der Waals surface area contributed by atoms with Gasteiger partial charge in [0, 0.05) is 5.92 Å². The first kappa shape index (κ1) is 15.6. The van der Waals surface area contributed by atoms with Crippen molar-refractivity contribution < 1.29 is 22.7 Å². The molecule has 1 amide bonds. The van der Waals surface area contributed by atoms with Crippen molar-refractivity contribution >= 4 is 21.6 Å². The van der Waals surface area contributed by atoms with E-state index in [9.17, 15) is 18.3 Å². The number of benzene rings is 1. The van der Waals surface area contributed by atoms with Crippen molar-refractivity contribution in [3.05, 3.63) is 41.9 Å². The second kappa shape index (κ2) is 5.39. The number of hydrogen-bond acceptors (Lipinski definition) is 5. The average Bonchev–Trinajstić information content (AvgIpc) is 3.00. The number of rotatable bonds is 4. The summed E-state index contributed by atoms with van der Waals surface area (Å²) in [6, 6.07) is 6.70. The predicted molar refractivity (Wildman–Crippen MR) is 82.7 cm³/mol. The van der Waals surface area contributed by atoms with Gasteiger partial charge in [0.25, 0.3) is 5.91 Å². The highest BCUT2D eigenvalue weighted by Gasteiger charge is 2.37. The van der Waals surface area contributed by atoms with Crippen molar-refractivity contribution in [3.8, 4) is 5.75 Å². The van der Waals surface area contributed by atoms with Gasteiger partial charge in [-0.3, -0.25) is 4.79 Å². The van der Waals surface area contributed by atoms with E-state index in [1.54, 1.807) is 12.1 Å². The van der Waals surface area contributed by atoms with E-state index in [-0.39, 0.29) is 22.1 Å². The van der Waals surface area contributed by atoms with Gasteiger partial charge < -0.3 is 14.8 Å². The summed E-state index contributed by atoms with van der Waals surface area (Å²) in [5.41, 5.74) is -0.0562. The number of carbonyl (C=O) groups is 1. The molecule has 1 heterocycles. The number of hydrogen-bond donors (Lipinski definition) is 3. The fourth-order valence-electron chi connectivity index (χ4n) is 2.37. The molecule has 8 heteroatoms. The summed E-state index contributed by atoms with van der Waals surface area (Å²) in [7, 11) is -3.93. The molecular weight excluding hydrogens is 320 g/mol. The zero-order chi connectivity index (χ0) is 16.8. The van der Waals surface area contributed by atoms with Gasteiger partial charge in [-0.2, -0.15) is 0 Å². The first-order valence-corrected chi connectivity index (χ1v) is 8.57. The standard InChI is InChI=1S/C15H16N2O5S/c1-8-6-10(8)13-4-5-14(22-13)15(19)17-11-7-9(23(16,20)21)2-3-12(11)18/h2-5,7-8,10,18H,6H2,1H3,(H,17,19)(H2,16,20,21)/t8-,10+/m1/s1. The summed E-state index contributed by atoms with van der Waals surface area (Å²) < 4.78 is 28.2. The summed E-state index contributed by atoms with van der Waals surface area (Å²) in [6.07, 6.45) is 1.03. The van der Waals surface area contributed by atoms with E-state index in [0.717, 1.165) is 30.4 Å². The summed E-state index contributed by atoms with van der Waals surface area (Å²) in [5.74, 6) is 0.896. The van der Waals surface area contributed by atoms with Gasteiger partial charge in [0.1, 0.15) is 11.5 Å². The zero-order valence-electron chi connectivity index (χ0n) is 12.3. The van der Waals surface area contributed by atoms with E-state index in [2.05, 4.69) is 12.2 Å². The van der Waals surface area contributed by atoms with Gasteiger partial charge in [0.05, 0.1) is 10.6 Å². The Hall–Kier alpha value is -2.32. The quantitative estimate of drug-likeness (QED) is 0.737. The third-order valence-corrected chi connectivity index (χ3v) is 4.78. The molecule has 0 radical (unpaired) electrons. The van der Waals surface area contributed by atoms with E-state index in [0.29, 0.717) is 11.8 Å². The number of amides is 1. The monoisotopic (exact) mass is 336 g/mol. The molecule has 1 aromatic carbocycles. The van der Waals surface area contributed by atoms with E-state index in [1.807, 2.05) is 0 Å². The first-order chi connectivity index (χ1) is 10.8. The van der Waals surface area contributed by atoms with Crippen LogP contribution in [0, 0.1) is 5.92 Å². The van der Waals surface area contributed by atoms with Crippen molar-refractivity contribution in [2.45, 2.75) is 24.2 Å². The van der Waals surface area contributed by atoms with E-state index < -0.39 is 15.9 Å². The SMILES string of the molecule is C[C@@H]1C[C@@H]1c1ccc(C(=O)Nc2cc(S(N)(=O)=O)ccc2O)o1. The minimum absolute atomic E-state index is 0.0562. The van der Waals surface area contributed by atoms with Crippen molar-refractivity contribution in [1.29, 1.82) is 0 Å². The molecular formula is C15H16N2O5S. The topological polar surface area (TPSA) is 123 Å². The number of primary sulfonamides is 1. The second-order valence-corrected chi connectivity index (χ2v) is 7.26. The molecule has 1 aromatic heterocycles. The van der Waals surface area contributed by atoms with E-state index in [4.69, 9.17) is 9.56 Å². The first-order valence-electron chi connectivity index (χ1n) is 7.02. The summed E-state index contributed by atoms with van der Waals surface area (Å²) >= 11 is 0. The lowest BCUT2D eigenvalue weighted by molar-refractivity contribution is 0.0994. The Kier molecular flexibility index (Phi) is 3.65. The number of carbonyl (C=O) groups excluding carboxylic acids is 1. The van der Waals surface area contributed by atoms with Crippen LogP contribution in [0.2, 0.25) is 0 Å². The zero-order valence-corrected chi connectivity index (χ0v) is 13.1. The lowest BCUT2D eigenvalue weighted by Crippen LogP contribution is -2.14. The molecule has 0 aliphatic heterocycles. The molecule has 1 fully saturated rings. The fourth-order valence-corrected chi connectivity index (χ4v) is 2.91. The summed E-state index contributed by atoms with van der Waals surface area (Å²) in [4.78, 5) is 12.0. The van der Waals surface area contributed by atoms with Crippen LogP contribution in [0.1, 0.15) is 35.6 Å². The Labute approximate surface area is 133 Å². The van der Waals surface area contributed by atoms with Gasteiger partial charge in [0.2, 0.25) is 10.0 Å². The molecule has 0 saturated heterocycles. The molecule has 4 N–H and O–H groups in total. The highest BCUT2D eigenvalue weighted by Crippen LogP contribution is 2.47. The maximum absolute atomic E-state index is 12.2. The Morgan fingerprint density at radius 1 is 1.35 bits per heavy atom. The number of furan rings is 1.